The quantitative estimate of drug-likeness (QED) is 0.580. The molecule has 8 heteroatoms. The summed E-state index contributed by atoms with van der Waals surface area (Å²) >= 11 is 1.28. The van der Waals surface area contributed by atoms with Gasteiger partial charge in [0, 0.05) is 18.0 Å². The molecule has 0 spiro atoms. The van der Waals surface area contributed by atoms with Crippen LogP contribution in [0.4, 0.5) is 5.00 Å². The number of thiophene rings is 1. The van der Waals surface area contributed by atoms with Gasteiger partial charge in [0.2, 0.25) is 0 Å². The molecule has 1 heterocycles. The number of carbonyl (C=O) groups excluding carboxylic acids is 3. The molecule has 0 aliphatic rings. The number of hydrogen-bond donors (Lipinski definition) is 3. The van der Waals surface area contributed by atoms with Crippen LogP contribution in [0, 0.1) is 13.8 Å². The maximum atomic E-state index is 12.6. The predicted octanol–water partition coefficient (Wildman–Crippen LogP) is 1.46. The number of nitrogens with one attached hydrogen (secondary N) is 2. The van der Waals surface area contributed by atoms with Crippen molar-refractivity contribution >= 4 is 34.1 Å². The fraction of sp³-hybridized carbons (Fsp3) is 0.350. The van der Waals surface area contributed by atoms with Crippen LogP contribution in [-0.2, 0) is 14.3 Å². The number of ether oxygens (including phenoxy) is 1. The third kappa shape index (κ3) is 5.40. The van der Waals surface area contributed by atoms with E-state index in [2.05, 4.69) is 10.6 Å². The molecule has 2 amide bonds. The van der Waals surface area contributed by atoms with Crippen LogP contribution in [0.15, 0.2) is 23.6 Å². The number of rotatable bonds is 8. The lowest BCUT2D eigenvalue weighted by Gasteiger charge is -2.10. The molecule has 0 unspecified atom stereocenters. The average Bonchev–Trinajstić information content (AvgIpc) is 3.04. The van der Waals surface area contributed by atoms with E-state index in [0.29, 0.717) is 10.6 Å². The van der Waals surface area contributed by atoms with E-state index >= 15 is 0 Å². The van der Waals surface area contributed by atoms with E-state index in [0.717, 1.165) is 22.3 Å². The van der Waals surface area contributed by atoms with Gasteiger partial charge in [0.25, 0.3) is 11.8 Å². The summed E-state index contributed by atoms with van der Waals surface area (Å²) in [7, 11) is 1.54. The summed E-state index contributed by atoms with van der Waals surface area (Å²) in [6.45, 7) is 6.22. The summed E-state index contributed by atoms with van der Waals surface area (Å²) < 4.78 is 5.22. The van der Waals surface area contributed by atoms with Crippen LogP contribution in [0.3, 0.4) is 0 Å². The summed E-state index contributed by atoms with van der Waals surface area (Å²) in [4.78, 5) is 36.1. The maximum Gasteiger partial charge on any atom is 0.341 e. The van der Waals surface area contributed by atoms with Crippen molar-refractivity contribution < 1.29 is 24.4 Å². The lowest BCUT2D eigenvalue weighted by Crippen LogP contribution is -2.88. The molecule has 0 aliphatic heterocycles. The van der Waals surface area contributed by atoms with Crippen molar-refractivity contribution in [2.75, 3.05) is 32.1 Å². The number of quaternary nitrogens is 1. The summed E-state index contributed by atoms with van der Waals surface area (Å²) in [6, 6.07) is 6.01. The van der Waals surface area contributed by atoms with Crippen molar-refractivity contribution in [2.45, 2.75) is 20.8 Å². The topological polar surface area (TPSA) is 101 Å². The van der Waals surface area contributed by atoms with Gasteiger partial charge in [0.1, 0.15) is 10.6 Å². The predicted molar refractivity (Wildman–Crippen MR) is 110 cm³/mol. The number of anilines is 1. The fourth-order valence-corrected chi connectivity index (χ4v) is 3.75. The number of nitrogens with two attached hydrogens (primary N) is 1. The van der Waals surface area contributed by atoms with Crippen molar-refractivity contribution in [1.82, 2.24) is 5.32 Å². The zero-order chi connectivity index (χ0) is 20.7. The highest BCUT2D eigenvalue weighted by Crippen LogP contribution is 2.37. The second-order valence-electron chi connectivity index (χ2n) is 6.31. The minimum Gasteiger partial charge on any atom is -0.462 e. The Hall–Kier alpha value is -2.71. The van der Waals surface area contributed by atoms with Gasteiger partial charge in [-0.15, -0.1) is 11.3 Å². The van der Waals surface area contributed by atoms with Gasteiger partial charge in [0.15, 0.2) is 13.1 Å². The zero-order valence-electron chi connectivity index (χ0n) is 16.5. The molecule has 0 aliphatic carbocycles. The molecule has 2 rings (SSSR count). The molecular formula is C20H26N3O4S+. The first-order valence-electron chi connectivity index (χ1n) is 9.05. The van der Waals surface area contributed by atoms with Gasteiger partial charge in [-0.2, -0.15) is 0 Å². The van der Waals surface area contributed by atoms with Crippen molar-refractivity contribution in [3.8, 4) is 11.1 Å². The Balaban J connectivity index is 2.27. The van der Waals surface area contributed by atoms with Gasteiger partial charge in [0.05, 0.1) is 6.61 Å². The summed E-state index contributed by atoms with van der Waals surface area (Å²) in [5.41, 5.74) is 4.20. The molecule has 0 fully saturated rings. The molecule has 1 aromatic heterocycles. The Morgan fingerprint density at radius 3 is 2.46 bits per heavy atom. The van der Waals surface area contributed by atoms with Crippen LogP contribution in [0.25, 0.3) is 11.1 Å². The highest BCUT2D eigenvalue weighted by Gasteiger charge is 2.24. The molecule has 2 aromatic rings. The number of amides is 2. The van der Waals surface area contributed by atoms with Crippen molar-refractivity contribution in [3.63, 3.8) is 0 Å². The molecule has 4 N–H and O–H groups in total. The van der Waals surface area contributed by atoms with Crippen LogP contribution in [0.1, 0.15) is 28.4 Å². The zero-order valence-corrected chi connectivity index (χ0v) is 17.4. The van der Waals surface area contributed by atoms with E-state index in [1.165, 1.54) is 11.3 Å². The number of hydrogen-bond acceptors (Lipinski definition) is 5. The van der Waals surface area contributed by atoms with E-state index < -0.39 is 5.97 Å². The second kappa shape index (κ2) is 10.0. The number of esters is 1. The normalized spacial score (nSPS) is 10.4. The molecule has 28 heavy (non-hydrogen) atoms. The highest BCUT2D eigenvalue weighted by atomic mass is 32.1. The average molecular weight is 405 g/mol. The van der Waals surface area contributed by atoms with Gasteiger partial charge >= 0.3 is 5.97 Å². The Morgan fingerprint density at radius 2 is 1.82 bits per heavy atom. The van der Waals surface area contributed by atoms with Crippen LogP contribution >= 0.6 is 11.3 Å². The van der Waals surface area contributed by atoms with Crippen LogP contribution < -0.4 is 16.0 Å². The minimum atomic E-state index is -0.469. The van der Waals surface area contributed by atoms with Crippen molar-refractivity contribution in [1.29, 1.82) is 0 Å². The molecule has 0 saturated carbocycles. The molecule has 150 valence electrons. The largest absolute Gasteiger partial charge is 0.462 e. The maximum absolute atomic E-state index is 12.6. The minimum absolute atomic E-state index is 0.0759. The fourth-order valence-electron chi connectivity index (χ4n) is 2.78. The second-order valence-corrected chi connectivity index (χ2v) is 7.19. The van der Waals surface area contributed by atoms with E-state index in [9.17, 15) is 14.4 Å². The van der Waals surface area contributed by atoms with E-state index in [4.69, 9.17) is 4.74 Å². The highest BCUT2D eigenvalue weighted by molar-refractivity contribution is 7.15. The lowest BCUT2D eigenvalue weighted by molar-refractivity contribution is -0.632. The first-order valence-corrected chi connectivity index (χ1v) is 9.93. The van der Waals surface area contributed by atoms with E-state index in [-0.39, 0.29) is 31.5 Å². The summed E-state index contributed by atoms with van der Waals surface area (Å²) in [5, 5.41) is 9.17. The van der Waals surface area contributed by atoms with Crippen molar-refractivity contribution in [3.05, 3.63) is 40.3 Å². The molecule has 1 aromatic carbocycles. The summed E-state index contributed by atoms with van der Waals surface area (Å²) in [5.74, 6) is -0.917. The number of likely N-dealkylation sites (N-methyl/N-ethyl adjacent to an activating group) is 1. The third-order valence-electron chi connectivity index (χ3n) is 4.13. The molecule has 0 radical (unpaired) electrons. The molecular weight excluding hydrogens is 378 g/mol. The van der Waals surface area contributed by atoms with Crippen molar-refractivity contribution in [2.24, 2.45) is 0 Å². The smallest absolute Gasteiger partial charge is 0.341 e. The Labute approximate surface area is 168 Å². The third-order valence-corrected chi connectivity index (χ3v) is 5.03. The van der Waals surface area contributed by atoms with Crippen LogP contribution in [0.5, 0.6) is 0 Å². The standard InChI is InChI=1S/C20H25N3O4S/c1-5-27-20(26)18-15(14-7-6-12(2)8-13(14)3)11-28-19(18)23-17(25)10-22-9-16(24)21-4/h6-8,11,22H,5,9-10H2,1-4H3,(H,21,24)(H,23,25)/p+1. The van der Waals surface area contributed by atoms with Gasteiger partial charge in [-0.05, 0) is 31.9 Å². The molecule has 0 atom stereocenters. The van der Waals surface area contributed by atoms with Gasteiger partial charge in [-0.1, -0.05) is 23.8 Å². The van der Waals surface area contributed by atoms with Gasteiger partial charge < -0.3 is 20.7 Å². The first kappa shape index (κ1) is 21.6. The Morgan fingerprint density at radius 1 is 1.11 bits per heavy atom. The summed E-state index contributed by atoms with van der Waals surface area (Å²) in [6.07, 6.45) is 0. The van der Waals surface area contributed by atoms with E-state index in [1.807, 2.05) is 37.4 Å². The van der Waals surface area contributed by atoms with Gasteiger partial charge in [-0.3, -0.25) is 9.59 Å². The number of benzene rings is 1. The number of aryl methyl sites for hydroxylation is 2. The molecule has 7 nitrogen and oxygen atoms in total. The monoisotopic (exact) mass is 404 g/mol. The van der Waals surface area contributed by atoms with Crippen LogP contribution in [-0.4, -0.2) is 44.5 Å². The SMILES string of the molecule is CCOC(=O)c1c(-c2ccc(C)cc2C)csc1NC(=O)C[NH2+]CC(=O)NC. The molecule has 0 saturated heterocycles. The van der Waals surface area contributed by atoms with Gasteiger partial charge in [-0.25, -0.2) is 4.79 Å². The van der Waals surface area contributed by atoms with Crippen LogP contribution in [0.2, 0.25) is 0 Å². The Bertz CT molecular complexity index is 876. The number of carbonyl (C=O) groups is 3. The Kier molecular flexibility index (Phi) is 7.71. The first-order chi connectivity index (χ1) is 13.4. The lowest BCUT2D eigenvalue weighted by atomic mass is 9.97. The van der Waals surface area contributed by atoms with E-state index in [1.54, 1.807) is 19.3 Å². The molecule has 0 bridgehead atoms.